The number of nitrogens with one attached hydrogen (secondary N) is 1. The molecule has 1 heterocycles. The topological polar surface area (TPSA) is 44.8 Å². The van der Waals surface area contributed by atoms with E-state index < -0.39 is 15.9 Å². The van der Waals surface area contributed by atoms with Gasteiger partial charge >= 0.3 is 0 Å². The van der Waals surface area contributed by atoms with E-state index in [9.17, 15) is 4.79 Å². The maximum Gasteiger partial charge on any atom is 0.245 e. The van der Waals surface area contributed by atoms with Gasteiger partial charge in [0, 0.05) is 19.2 Å². The number of thiocarbonyl (C=S) groups is 1. The van der Waals surface area contributed by atoms with E-state index in [0.717, 1.165) is 17.7 Å². The third kappa shape index (κ3) is 6.04. The molecule has 1 N–H and O–H groups in total. The number of anilines is 1. The molecule has 0 saturated carbocycles. The van der Waals surface area contributed by atoms with Gasteiger partial charge in [-0.2, -0.15) is 0 Å². The quantitative estimate of drug-likeness (QED) is 0.344. The lowest BCUT2D eigenvalue weighted by Crippen LogP contribution is -2.62. The lowest BCUT2D eigenvalue weighted by molar-refractivity contribution is -0.117. The zero-order valence-electron chi connectivity index (χ0n) is 16.8. The molecule has 0 aliphatic carbocycles. The van der Waals surface area contributed by atoms with Crippen LogP contribution in [0.15, 0.2) is 60.7 Å². The van der Waals surface area contributed by atoms with Gasteiger partial charge in [-0.3, -0.25) is 4.79 Å². The Morgan fingerprint density at radius 1 is 1.13 bits per heavy atom. The van der Waals surface area contributed by atoms with Gasteiger partial charge in [0.1, 0.15) is 5.75 Å². The first-order valence-electron chi connectivity index (χ1n) is 9.63. The predicted octanol–water partition coefficient (Wildman–Crippen LogP) is 5.02. The molecule has 1 saturated heterocycles. The molecule has 0 bridgehead atoms. The number of para-hydroxylation sites is 2. The van der Waals surface area contributed by atoms with Crippen LogP contribution in [0.4, 0.5) is 5.69 Å². The Balaban J connectivity index is 1.80. The highest BCUT2D eigenvalue weighted by Crippen LogP contribution is 2.36. The van der Waals surface area contributed by atoms with Crippen molar-refractivity contribution in [3.8, 4) is 5.75 Å². The number of benzene rings is 2. The maximum atomic E-state index is 12.6. The van der Waals surface area contributed by atoms with E-state index in [0.29, 0.717) is 24.0 Å². The fourth-order valence-corrected chi connectivity index (χ4v) is 4.22. The van der Waals surface area contributed by atoms with Crippen molar-refractivity contribution in [1.82, 2.24) is 10.2 Å². The molecule has 3 rings (SSSR count). The summed E-state index contributed by atoms with van der Waals surface area (Å²) in [4.78, 5) is 16.2. The van der Waals surface area contributed by atoms with Crippen LogP contribution in [0.3, 0.4) is 0 Å². The van der Waals surface area contributed by atoms with Crippen LogP contribution in [0.1, 0.15) is 12.0 Å². The maximum absolute atomic E-state index is 12.6. The van der Waals surface area contributed by atoms with E-state index >= 15 is 0 Å². The van der Waals surface area contributed by atoms with Gasteiger partial charge in [-0.15, -0.1) is 0 Å². The van der Waals surface area contributed by atoms with Crippen LogP contribution in [0, 0.1) is 0 Å². The van der Waals surface area contributed by atoms with Gasteiger partial charge in [0.05, 0.1) is 12.8 Å². The van der Waals surface area contributed by atoms with Crippen LogP contribution < -0.4 is 15.0 Å². The van der Waals surface area contributed by atoms with E-state index in [2.05, 4.69) is 5.32 Å². The van der Waals surface area contributed by atoms with Crippen molar-refractivity contribution in [2.45, 2.75) is 16.4 Å². The molecule has 164 valence electrons. The largest absolute Gasteiger partial charge is 0.495 e. The van der Waals surface area contributed by atoms with Crippen molar-refractivity contribution in [1.29, 1.82) is 0 Å². The van der Waals surface area contributed by atoms with Gasteiger partial charge in [0.25, 0.3) is 0 Å². The summed E-state index contributed by atoms with van der Waals surface area (Å²) < 4.78 is 3.67. The normalized spacial score (nSPS) is 15.8. The third-order valence-corrected chi connectivity index (χ3v) is 5.84. The molecule has 1 unspecified atom stereocenters. The van der Waals surface area contributed by atoms with Crippen LogP contribution in [0.2, 0.25) is 0 Å². The summed E-state index contributed by atoms with van der Waals surface area (Å²) in [5.74, 6) is 0.296. The fraction of sp³-hybridized carbons (Fsp3) is 0.273. The SMILES string of the molecule is COc1ccccc1N1CCCN(C(NC(=O)/C=C/c2ccccc2)C(Cl)(Cl)Cl)C1=S. The number of hydrogen-bond acceptors (Lipinski definition) is 3. The number of rotatable bonds is 6. The van der Waals surface area contributed by atoms with E-state index in [1.807, 2.05) is 59.5 Å². The van der Waals surface area contributed by atoms with Crippen LogP contribution in [-0.2, 0) is 4.79 Å². The molecule has 2 aromatic carbocycles. The van der Waals surface area contributed by atoms with Gasteiger partial charge in [-0.25, -0.2) is 0 Å². The highest BCUT2D eigenvalue weighted by molar-refractivity contribution is 7.80. The zero-order chi connectivity index (χ0) is 22.4. The van der Waals surface area contributed by atoms with Gasteiger partial charge in [0.2, 0.25) is 9.70 Å². The minimum absolute atomic E-state index is 0.391. The Hall–Kier alpha value is -1.99. The van der Waals surface area contributed by atoms with E-state index in [1.165, 1.54) is 6.08 Å². The minimum atomic E-state index is -1.80. The molecule has 1 aliphatic rings. The second kappa shape index (κ2) is 10.6. The van der Waals surface area contributed by atoms with Crippen LogP contribution in [0.25, 0.3) is 6.08 Å². The Bertz CT molecular complexity index is 951. The van der Waals surface area contributed by atoms with Crippen molar-refractivity contribution in [3.05, 3.63) is 66.2 Å². The predicted molar refractivity (Wildman–Crippen MR) is 132 cm³/mol. The highest BCUT2D eigenvalue weighted by Gasteiger charge is 2.42. The van der Waals surface area contributed by atoms with E-state index in [4.69, 9.17) is 51.8 Å². The summed E-state index contributed by atoms with van der Waals surface area (Å²) in [6.07, 6.45) is 2.91. The van der Waals surface area contributed by atoms with Crippen molar-refractivity contribution in [2.75, 3.05) is 25.1 Å². The number of amides is 1. The molecule has 1 fully saturated rings. The lowest BCUT2D eigenvalue weighted by Gasteiger charge is -2.44. The molecule has 0 spiro atoms. The molecule has 9 heteroatoms. The first-order valence-corrected chi connectivity index (χ1v) is 11.2. The number of carbonyl (C=O) groups is 1. The summed E-state index contributed by atoms with van der Waals surface area (Å²) in [5, 5.41) is 3.23. The Morgan fingerprint density at radius 3 is 2.48 bits per heavy atom. The van der Waals surface area contributed by atoms with Crippen LogP contribution in [0.5, 0.6) is 5.75 Å². The molecule has 0 aromatic heterocycles. The first-order chi connectivity index (χ1) is 14.8. The lowest BCUT2D eigenvalue weighted by atomic mass is 10.2. The summed E-state index contributed by atoms with van der Waals surface area (Å²) in [5.41, 5.74) is 1.71. The molecule has 1 amide bonds. The fourth-order valence-electron chi connectivity index (χ4n) is 3.32. The van der Waals surface area contributed by atoms with Gasteiger partial charge in [-0.05, 0) is 42.4 Å². The van der Waals surface area contributed by atoms with Gasteiger partial charge < -0.3 is 19.9 Å². The molecular weight excluding hydrogens is 477 g/mol. The standard InChI is InChI=1S/C22H22Cl3N3O2S/c1-30-18-11-6-5-10-17(18)27-14-7-15-28(21(27)31)20(22(23,24)25)26-19(29)13-12-16-8-3-2-4-9-16/h2-6,8-13,20H,7,14-15H2,1H3,(H,26,29)/b13-12+. The number of ether oxygens (including phenoxy) is 1. The number of carbonyl (C=O) groups excluding carboxylic acids is 1. The number of methoxy groups -OCH3 is 1. The average Bonchev–Trinajstić information content (AvgIpc) is 2.76. The molecule has 1 atom stereocenters. The number of halogens is 3. The minimum Gasteiger partial charge on any atom is -0.495 e. The number of hydrogen-bond donors (Lipinski definition) is 1. The monoisotopic (exact) mass is 497 g/mol. The van der Waals surface area contributed by atoms with Crippen molar-refractivity contribution < 1.29 is 9.53 Å². The second-order valence-corrected chi connectivity index (χ2v) is 9.58. The van der Waals surface area contributed by atoms with Crippen LogP contribution in [-0.4, -0.2) is 46.1 Å². The van der Waals surface area contributed by atoms with Crippen LogP contribution >= 0.6 is 47.0 Å². The first kappa shape index (κ1) is 23.7. The van der Waals surface area contributed by atoms with E-state index in [-0.39, 0.29) is 0 Å². The molecular formula is C22H22Cl3N3O2S. The molecule has 1 aliphatic heterocycles. The Labute approximate surface area is 202 Å². The van der Waals surface area contributed by atoms with Gasteiger partial charge in [-0.1, -0.05) is 77.3 Å². The summed E-state index contributed by atoms with van der Waals surface area (Å²) >= 11 is 24.5. The summed E-state index contributed by atoms with van der Waals surface area (Å²) in [6, 6.07) is 17.0. The zero-order valence-corrected chi connectivity index (χ0v) is 19.9. The molecule has 31 heavy (non-hydrogen) atoms. The molecule has 2 aromatic rings. The van der Waals surface area contributed by atoms with Crippen molar-refractivity contribution in [3.63, 3.8) is 0 Å². The molecule has 0 radical (unpaired) electrons. The number of alkyl halides is 3. The van der Waals surface area contributed by atoms with Gasteiger partial charge in [0.15, 0.2) is 11.3 Å². The number of nitrogens with zero attached hydrogens (tertiary/aromatic N) is 2. The van der Waals surface area contributed by atoms with Crippen molar-refractivity contribution >= 4 is 69.8 Å². The highest BCUT2D eigenvalue weighted by atomic mass is 35.6. The van der Waals surface area contributed by atoms with Crippen molar-refractivity contribution in [2.24, 2.45) is 0 Å². The van der Waals surface area contributed by atoms with E-state index in [1.54, 1.807) is 18.1 Å². The second-order valence-electron chi connectivity index (χ2n) is 6.85. The third-order valence-electron chi connectivity index (χ3n) is 4.76. The Kier molecular flexibility index (Phi) is 8.06. The smallest absolute Gasteiger partial charge is 0.245 e. The Morgan fingerprint density at radius 2 is 1.81 bits per heavy atom. The average molecular weight is 499 g/mol. The summed E-state index contributed by atoms with van der Waals surface area (Å²) in [6.45, 7) is 1.22. The summed E-state index contributed by atoms with van der Waals surface area (Å²) in [7, 11) is 1.60. The molecule has 5 nitrogen and oxygen atoms in total.